The first kappa shape index (κ1) is 13.3. The van der Waals surface area contributed by atoms with E-state index in [0.717, 1.165) is 9.54 Å². The van der Waals surface area contributed by atoms with E-state index < -0.39 is 10.0 Å². The summed E-state index contributed by atoms with van der Waals surface area (Å²) in [6.45, 7) is 1.90. The quantitative estimate of drug-likeness (QED) is 0.728. The standard InChI is InChI=1S/C15H11N3O2S/c1-11-2-4-14(5-3-11)21(19,20)18-7-6-13-8-12(9-16)10-17-15(13)18/h2-8,10H,1H3. The first-order valence-corrected chi connectivity index (χ1v) is 7.66. The zero-order valence-corrected chi connectivity index (χ0v) is 12.0. The minimum absolute atomic E-state index is 0.205. The molecule has 5 nitrogen and oxygen atoms in total. The molecule has 3 aromatic rings. The van der Waals surface area contributed by atoms with Crippen molar-refractivity contribution < 1.29 is 8.42 Å². The Balaban J connectivity index is 2.20. The maximum atomic E-state index is 12.6. The van der Waals surface area contributed by atoms with Crippen LogP contribution in [0, 0.1) is 18.3 Å². The van der Waals surface area contributed by atoms with Crippen LogP contribution in [0.3, 0.4) is 0 Å². The third-order valence-corrected chi connectivity index (χ3v) is 4.88. The summed E-state index contributed by atoms with van der Waals surface area (Å²) < 4.78 is 26.4. The van der Waals surface area contributed by atoms with Crippen molar-refractivity contribution in [2.75, 3.05) is 0 Å². The van der Waals surface area contributed by atoms with Crippen LogP contribution in [0.4, 0.5) is 0 Å². The van der Waals surface area contributed by atoms with Gasteiger partial charge in [-0.2, -0.15) is 5.26 Å². The van der Waals surface area contributed by atoms with Gasteiger partial charge in [0.05, 0.1) is 10.5 Å². The number of aryl methyl sites for hydroxylation is 1. The lowest BCUT2D eigenvalue weighted by atomic mass is 10.2. The molecule has 0 aliphatic carbocycles. The smallest absolute Gasteiger partial charge is 0.236 e. The maximum absolute atomic E-state index is 12.6. The molecule has 3 rings (SSSR count). The van der Waals surface area contributed by atoms with E-state index in [1.807, 2.05) is 13.0 Å². The molecule has 1 aromatic carbocycles. The highest BCUT2D eigenvalue weighted by molar-refractivity contribution is 7.90. The lowest BCUT2D eigenvalue weighted by molar-refractivity contribution is 0.588. The molecule has 0 bridgehead atoms. The number of nitriles is 1. The van der Waals surface area contributed by atoms with Gasteiger partial charge >= 0.3 is 0 Å². The van der Waals surface area contributed by atoms with Crippen LogP contribution in [0.5, 0.6) is 0 Å². The summed E-state index contributed by atoms with van der Waals surface area (Å²) >= 11 is 0. The molecule has 0 aliphatic heterocycles. The Kier molecular flexibility index (Phi) is 3.00. The maximum Gasteiger partial charge on any atom is 0.269 e. The molecular weight excluding hydrogens is 286 g/mol. The van der Waals surface area contributed by atoms with Crippen molar-refractivity contribution in [3.05, 3.63) is 59.9 Å². The van der Waals surface area contributed by atoms with Gasteiger partial charge in [-0.1, -0.05) is 17.7 Å². The number of nitrogens with zero attached hydrogens (tertiary/aromatic N) is 3. The molecule has 2 heterocycles. The van der Waals surface area contributed by atoms with Gasteiger partial charge in [-0.05, 0) is 31.2 Å². The third-order valence-electron chi connectivity index (χ3n) is 3.20. The zero-order chi connectivity index (χ0) is 15.0. The number of benzene rings is 1. The summed E-state index contributed by atoms with van der Waals surface area (Å²) in [7, 11) is -3.69. The van der Waals surface area contributed by atoms with E-state index in [9.17, 15) is 8.42 Å². The molecule has 0 aliphatic rings. The Hall–Kier alpha value is -2.65. The van der Waals surface area contributed by atoms with Gasteiger partial charge in [0.2, 0.25) is 0 Å². The highest BCUT2D eigenvalue weighted by atomic mass is 32.2. The van der Waals surface area contributed by atoms with Crippen molar-refractivity contribution in [2.24, 2.45) is 0 Å². The summed E-state index contributed by atoms with van der Waals surface area (Å²) in [4.78, 5) is 4.29. The van der Waals surface area contributed by atoms with Crippen LogP contribution < -0.4 is 0 Å². The summed E-state index contributed by atoms with van der Waals surface area (Å²) in [5.74, 6) is 0. The summed E-state index contributed by atoms with van der Waals surface area (Å²) in [6.07, 6.45) is 2.82. The number of fused-ring (bicyclic) bond motifs is 1. The lowest BCUT2D eigenvalue weighted by Gasteiger charge is -2.07. The third kappa shape index (κ3) is 2.18. The van der Waals surface area contributed by atoms with E-state index in [-0.39, 0.29) is 4.90 Å². The molecule has 0 fully saturated rings. The summed E-state index contributed by atoms with van der Waals surface area (Å²) in [5, 5.41) is 9.47. The Bertz CT molecular complexity index is 964. The summed E-state index contributed by atoms with van der Waals surface area (Å²) in [5.41, 5.74) is 1.70. The van der Waals surface area contributed by atoms with Gasteiger partial charge < -0.3 is 0 Å². The molecule has 0 unspecified atom stereocenters. The second-order valence-electron chi connectivity index (χ2n) is 4.68. The average Bonchev–Trinajstić information content (AvgIpc) is 2.91. The predicted octanol–water partition coefficient (Wildman–Crippen LogP) is 2.45. The van der Waals surface area contributed by atoms with Crippen molar-refractivity contribution in [1.29, 1.82) is 5.26 Å². The number of hydrogen-bond donors (Lipinski definition) is 0. The highest BCUT2D eigenvalue weighted by Gasteiger charge is 2.19. The Labute approximate surface area is 122 Å². The Morgan fingerprint density at radius 2 is 1.90 bits per heavy atom. The second kappa shape index (κ2) is 4.72. The lowest BCUT2D eigenvalue weighted by Crippen LogP contribution is -2.12. The first-order chi connectivity index (χ1) is 10.0. The molecule has 2 aromatic heterocycles. The van der Waals surface area contributed by atoms with Gasteiger partial charge in [-0.3, -0.25) is 0 Å². The van der Waals surface area contributed by atoms with Crippen LogP contribution in [0.15, 0.2) is 53.7 Å². The minimum atomic E-state index is -3.69. The molecule has 0 N–H and O–H groups in total. The van der Waals surface area contributed by atoms with E-state index in [2.05, 4.69) is 4.98 Å². The van der Waals surface area contributed by atoms with Crippen molar-refractivity contribution in [3.8, 4) is 6.07 Å². The van der Waals surface area contributed by atoms with Gasteiger partial charge in [0, 0.05) is 17.8 Å². The number of rotatable bonds is 2. The van der Waals surface area contributed by atoms with Crippen LogP contribution in [0.1, 0.15) is 11.1 Å². The number of hydrogen-bond acceptors (Lipinski definition) is 4. The van der Waals surface area contributed by atoms with E-state index >= 15 is 0 Å². The Morgan fingerprint density at radius 1 is 1.19 bits per heavy atom. The molecule has 0 saturated heterocycles. The summed E-state index contributed by atoms with van der Waals surface area (Å²) in [6, 6.07) is 11.9. The van der Waals surface area contributed by atoms with E-state index in [1.54, 1.807) is 36.4 Å². The minimum Gasteiger partial charge on any atom is -0.236 e. The number of pyridine rings is 1. The second-order valence-corrected chi connectivity index (χ2v) is 6.49. The number of aromatic nitrogens is 2. The van der Waals surface area contributed by atoms with Gasteiger partial charge in [0.25, 0.3) is 10.0 Å². The fourth-order valence-electron chi connectivity index (χ4n) is 2.08. The molecule has 0 spiro atoms. The van der Waals surface area contributed by atoms with Gasteiger partial charge in [0.1, 0.15) is 6.07 Å². The first-order valence-electron chi connectivity index (χ1n) is 6.22. The van der Waals surface area contributed by atoms with Crippen molar-refractivity contribution in [2.45, 2.75) is 11.8 Å². The molecule has 21 heavy (non-hydrogen) atoms. The normalized spacial score (nSPS) is 11.4. The fourth-order valence-corrected chi connectivity index (χ4v) is 3.39. The van der Waals surface area contributed by atoms with Crippen LogP contribution in [0.2, 0.25) is 0 Å². The topological polar surface area (TPSA) is 75.8 Å². The molecule has 104 valence electrons. The largest absolute Gasteiger partial charge is 0.269 e. The van der Waals surface area contributed by atoms with Gasteiger partial charge in [-0.25, -0.2) is 17.4 Å². The molecule has 6 heteroatoms. The van der Waals surface area contributed by atoms with Crippen LogP contribution in [-0.4, -0.2) is 17.4 Å². The molecular formula is C15H11N3O2S. The highest BCUT2D eigenvalue weighted by Crippen LogP contribution is 2.21. The SMILES string of the molecule is Cc1ccc(S(=O)(=O)n2ccc3cc(C#N)cnc32)cc1. The molecule has 0 saturated carbocycles. The van der Waals surface area contributed by atoms with Crippen LogP contribution in [0.25, 0.3) is 11.0 Å². The average molecular weight is 297 g/mol. The Morgan fingerprint density at radius 3 is 2.57 bits per heavy atom. The monoisotopic (exact) mass is 297 g/mol. The predicted molar refractivity (Wildman–Crippen MR) is 78.2 cm³/mol. The van der Waals surface area contributed by atoms with Crippen LogP contribution >= 0.6 is 0 Å². The van der Waals surface area contributed by atoms with Crippen LogP contribution in [-0.2, 0) is 10.0 Å². The molecule has 0 atom stereocenters. The van der Waals surface area contributed by atoms with Gasteiger partial charge in [-0.15, -0.1) is 0 Å². The van der Waals surface area contributed by atoms with Crippen molar-refractivity contribution in [1.82, 2.24) is 8.96 Å². The zero-order valence-electron chi connectivity index (χ0n) is 11.2. The van der Waals surface area contributed by atoms with E-state index in [4.69, 9.17) is 5.26 Å². The van der Waals surface area contributed by atoms with Crippen molar-refractivity contribution in [3.63, 3.8) is 0 Å². The van der Waals surface area contributed by atoms with E-state index in [0.29, 0.717) is 16.6 Å². The molecule has 0 amide bonds. The van der Waals surface area contributed by atoms with E-state index in [1.165, 1.54) is 12.4 Å². The van der Waals surface area contributed by atoms with Crippen molar-refractivity contribution >= 4 is 21.1 Å². The fraction of sp³-hybridized carbons (Fsp3) is 0.0667. The molecule has 0 radical (unpaired) electrons. The van der Waals surface area contributed by atoms with Gasteiger partial charge in [0.15, 0.2) is 5.65 Å².